The van der Waals surface area contributed by atoms with E-state index in [1.807, 2.05) is 11.8 Å². The van der Waals surface area contributed by atoms with Crippen LogP contribution in [0.4, 0.5) is 3.89 Å². The molecule has 1 aliphatic carbocycles. The van der Waals surface area contributed by atoms with E-state index >= 15 is 0 Å². The summed E-state index contributed by atoms with van der Waals surface area (Å²) in [4.78, 5) is 0. The highest BCUT2D eigenvalue weighted by molar-refractivity contribution is 7.99. The first-order chi connectivity index (χ1) is 8.03. The maximum atomic E-state index is 12.2. The molecule has 3 nitrogen and oxygen atoms in total. The third-order valence-electron chi connectivity index (χ3n) is 2.66. The molecule has 0 radical (unpaired) electrons. The van der Waals surface area contributed by atoms with E-state index in [2.05, 4.69) is 4.18 Å². The van der Waals surface area contributed by atoms with Gasteiger partial charge in [-0.1, -0.05) is 22.4 Å². The highest BCUT2D eigenvalue weighted by atomic mass is 32.3. The molecule has 0 unspecified atom stereocenters. The van der Waals surface area contributed by atoms with Gasteiger partial charge < -0.3 is 4.18 Å². The Hall–Kier alpha value is -0.750. The number of halogens is 1. The summed E-state index contributed by atoms with van der Waals surface area (Å²) >= 11 is 1.90. The predicted octanol–water partition coefficient (Wildman–Crippen LogP) is 3.07. The van der Waals surface area contributed by atoms with E-state index in [-0.39, 0.29) is 5.75 Å². The Morgan fingerprint density at radius 2 is 1.94 bits per heavy atom. The van der Waals surface area contributed by atoms with Crippen LogP contribution < -0.4 is 4.18 Å². The number of benzene rings is 1. The zero-order chi connectivity index (χ0) is 12.3. The molecule has 0 saturated heterocycles. The van der Waals surface area contributed by atoms with Crippen molar-refractivity contribution in [2.24, 2.45) is 0 Å². The first kappa shape index (κ1) is 12.7. The molecule has 1 aromatic rings. The summed E-state index contributed by atoms with van der Waals surface area (Å²) in [5.41, 5.74) is 1.09. The monoisotopic (exact) mass is 276 g/mol. The second-order valence-electron chi connectivity index (χ2n) is 3.98. The summed E-state index contributed by atoms with van der Waals surface area (Å²) in [6.07, 6.45) is 3.89. The lowest BCUT2D eigenvalue weighted by Crippen LogP contribution is -2.13. The zero-order valence-electron chi connectivity index (χ0n) is 9.13. The predicted molar refractivity (Wildman–Crippen MR) is 66.0 cm³/mol. The van der Waals surface area contributed by atoms with Gasteiger partial charge in [0.2, 0.25) is 0 Å². The lowest BCUT2D eigenvalue weighted by atomic mass is 10.0. The molecule has 0 heterocycles. The Labute approximate surface area is 105 Å². The molecule has 0 N–H and O–H groups in total. The fourth-order valence-electron chi connectivity index (χ4n) is 1.51. The van der Waals surface area contributed by atoms with Crippen LogP contribution >= 0.6 is 11.8 Å². The topological polar surface area (TPSA) is 43.4 Å². The third-order valence-corrected chi connectivity index (χ3v) is 4.49. The minimum absolute atomic E-state index is 0.00453. The van der Waals surface area contributed by atoms with E-state index in [4.69, 9.17) is 0 Å². The number of hydrogen-bond acceptors (Lipinski definition) is 4. The van der Waals surface area contributed by atoms with Gasteiger partial charge in [-0.3, -0.25) is 0 Å². The van der Waals surface area contributed by atoms with Crippen LogP contribution in [0.25, 0.3) is 0 Å². The van der Waals surface area contributed by atoms with Crippen molar-refractivity contribution >= 4 is 22.3 Å². The summed E-state index contributed by atoms with van der Waals surface area (Å²) in [5, 5.41) is 0.761. The van der Waals surface area contributed by atoms with E-state index < -0.39 is 10.5 Å². The SMILES string of the molecule is O=S(=O)(F)Oc1ccc(CSC2CCC2)cc1. The maximum Gasteiger partial charge on any atom is 0.488 e. The van der Waals surface area contributed by atoms with Crippen LogP contribution in [0.2, 0.25) is 0 Å². The van der Waals surface area contributed by atoms with Gasteiger partial charge in [-0.15, -0.1) is 0 Å². The molecular weight excluding hydrogens is 263 g/mol. The molecule has 0 spiro atoms. The summed E-state index contributed by atoms with van der Waals surface area (Å²) in [5.74, 6) is 0.901. The van der Waals surface area contributed by atoms with Crippen LogP contribution in [0.3, 0.4) is 0 Å². The Bertz CT molecular complexity index is 466. The van der Waals surface area contributed by atoms with Crippen LogP contribution in [0.1, 0.15) is 24.8 Å². The van der Waals surface area contributed by atoms with E-state index in [9.17, 15) is 12.3 Å². The van der Waals surface area contributed by atoms with Gasteiger partial charge >= 0.3 is 10.5 Å². The smallest absolute Gasteiger partial charge is 0.358 e. The van der Waals surface area contributed by atoms with Crippen molar-refractivity contribution in [2.75, 3.05) is 0 Å². The van der Waals surface area contributed by atoms with Crippen molar-refractivity contribution < 1.29 is 16.5 Å². The van der Waals surface area contributed by atoms with Gasteiger partial charge in [0.1, 0.15) is 5.75 Å². The van der Waals surface area contributed by atoms with Crippen LogP contribution in [0.15, 0.2) is 24.3 Å². The molecule has 17 heavy (non-hydrogen) atoms. The molecule has 0 amide bonds. The molecule has 0 bridgehead atoms. The van der Waals surface area contributed by atoms with Crippen molar-refractivity contribution in [1.29, 1.82) is 0 Å². The molecule has 1 saturated carbocycles. The molecule has 0 aliphatic heterocycles. The highest BCUT2D eigenvalue weighted by Crippen LogP contribution is 2.33. The molecule has 0 aromatic heterocycles. The molecular formula is C11H13FO3S2. The Morgan fingerprint density at radius 1 is 1.29 bits per heavy atom. The quantitative estimate of drug-likeness (QED) is 0.775. The van der Waals surface area contributed by atoms with Crippen molar-refractivity contribution in [1.82, 2.24) is 0 Å². The van der Waals surface area contributed by atoms with Crippen LogP contribution in [-0.2, 0) is 16.3 Å². The van der Waals surface area contributed by atoms with Gasteiger partial charge in [0, 0.05) is 11.0 Å². The first-order valence-electron chi connectivity index (χ1n) is 5.37. The molecule has 1 aliphatic rings. The number of thioether (sulfide) groups is 1. The largest absolute Gasteiger partial charge is 0.488 e. The first-order valence-corrected chi connectivity index (χ1v) is 7.73. The molecule has 1 fully saturated rings. The summed E-state index contributed by atoms with van der Waals surface area (Å²) in [7, 11) is -4.92. The van der Waals surface area contributed by atoms with Gasteiger partial charge in [0.05, 0.1) is 0 Å². The molecule has 94 valence electrons. The molecule has 2 rings (SSSR count). The van der Waals surface area contributed by atoms with Crippen molar-refractivity contribution in [2.45, 2.75) is 30.3 Å². The molecule has 6 heteroatoms. The van der Waals surface area contributed by atoms with Crippen LogP contribution in [0.5, 0.6) is 5.75 Å². The van der Waals surface area contributed by atoms with Crippen molar-refractivity contribution in [3.05, 3.63) is 29.8 Å². The zero-order valence-corrected chi connectivity index (χ0v) is 10.8. The Morgan fingerprint density at radius 3 is 2.41 bits per heavy atom. The standard InChI is InChI=1S/C11H13FO3S2/c12-17(13,14)15-10-6-4-9(5-7-10)8-16-11-2-1-3-11/h4-7,11H,1-3,8H2. The Balaban J connectivity index is 1.88. The second kappa shape index (κ2) is 5.27. The normalized spacial score (nSPS) is 16.5. The minimum atomic E-state index is -4.92. The second-order valence-corrected chi connectivity index (χ2v) is 6.23. The summed E-state index contributed by atoms with van der Waals surface area (Å²) < 4.78 is 36.8. The van der Waals surface area contributed by atoms with Gasteiger partial charge in [-0.2, -0.15) is 20.2 Å². The maximum absolute atomic E-state index is 12.2. The van der Waals surface area contributed by atoms with E-state index in [0.29, 0.717) is 0 Å². The average molecular weight is 276 g/mol. The van der Waals surface area contributed by atoms with Gasteiger partial charge in [-0.05, 0) is 30.5 Å². The lowest BCUT2D eigenvalue weighted by molar-refractivity contribution is 0.440. The number of rotatable bonds is 5. The lowest BCUT2D eigenvalue weighted by Gasteiger charge is -2.24. The Kier molecular flexibility index (Phi) is 3.93. The third kappa shape index (κ3) is 4.20. The van der Waals surface area contributed by atoms with Gasteiger partial charge in [0.25, 0.3) is 0 Å². The summed E-state index contributed by atoms with van der Waals surface area (Å²) in [6.45, 7) is 0. The van der Waals surface area contributed by atoms with Crippen molar-refractivity contribution in [3.63, 3.8) is 0 Å². The average Bonchev–Trinajstić information content (AvgIpc) is 2.16. The van der Waals surface area contributed by atoms with Crippen LogP contribution in [-0.4, -0.2) is 13.7 Å². The van der Waals surface area contributed by atoms with Gasteiger partial charge in [0.15, 0.2) is 0 Å². The fourth-order valence-corrected chi connectivity index (χ4v) is 3.14. The van der Waals surface area contributed by atoms with Gasteiger partial charge in [-0.25, -0.2) is 0 Å². The van der Waals surface area contributed by atoms with Crippen molar-refractivity contribution in [3.8, 4) is 5.75 Å². The summed E-state index contributed by atoms with van der Waals surface area (Å²) in [6, 6.07) is 6.44. The van der Waals surface area contributed by atoms with E-state index in [1.165, 1.54) is 31.4 Å². The van der Waals surface area contributed by atoms with E-state index in [1.54, 1.807) is 12.1 Å². The minimum Gasteiger partial charge on any atom is -0.358 e. The van der Waals surface area contributed by atoms with E-state index in [0.717, 1.165) is 16.6 Å². The molecule has 0 atom stereocenters. The molecule has 1 aromatic carbocycles. The fraction of sp³-hybridized carbons (Fsp3) is 0.455. The van der Waals surface area contributed by atoms with Crippen LogP contribution in [0, 0.1) is 0 Å². The number of hydrogen-bond donors (Lipinski definition) is 0. The highest BCUT2D eigenvalue weighted by Gasteiger charge is 2.17.